The van der Waals surface area contributed by atoms with E-state index in [1.54, 1.807) is 55.5 Å². The van der Waals surface area contributed by atoms with E-state index in [-0.39, 0.29) is 49.5 Å². The predicted octanol–water partition coefficient (Wildman–Crippen LogP) is 3.99. The molecule has 0 unspecified atom stereocenters. The number of anilines is 1. The number of hydrogen-bond acceptors (Lipinski definition) is 9. The van der Waals surface area contributed by atoms with E-state index in [2.05, 4.69) is 4.52 Å². The number of nitrogens with zero attached hydrogens (tertiary/aromatic N) is 2. The first kappa shape index (κ1) is 30.7. The molecule has 0 aromatic heterocycles. The largest absolute Gasteiger partial charge is 0.491 e. The topological polar surface area (TPSA) is 175 Å². The molecule has 222 valence electrons. The second kappa shape index (κ2) is 13.1. The third-order valence-corrected chi connectivity index (χ3v) is 6.91. The second-order valence-electron chi connectivity index (χ2n) is 9.29. The Hall–Kier alpha value is -4.29. The Balaban J connectivity index is 1.30. The molecule has 0 saturated carbocycles. The summed E-state index contributed by atoms with van der Waals surface area (Å²) >= 11 is 0. The minimum Gasteiger partial charge on any atom is -0.491 e. The summed E-state index contributed by atoms with van der Waals surface area (Å²) in [6.07, 6.45) is 0.452. The molecule has 14 heteroatoms. The molecule has 1 aliphatic rings. The van der Waals surface area contributed by atoms with Crippen LogP contribution >= 0.6 is 7.82 Å². The van der Waals surface area contributed by atoms with Gasteiger partial charge in [0.1, 0.15) is 42.8 Å². The van der Waals surface area contributed by atoms with E-state index in [0.29, 0.717) is 52.5 Å². The number of phosphoric ester groups is 1. The van der Waals surface area contributed by atoms with E-state index in [1.165, 1.54) is 17.9 Å². The summed E-state index contributed by atoms with van der Waals surface area (Å²) in [6, 6.07) is 14.3. The fourth-order valence-corrected chi connectivity index (χ4v) is 4.87. The van der Waals surface area contributed by atoms with Gasteiger partial charge in [-0.1, -0.05) is 0 Å². The zero-order valence-electron chi connectivity index (χ0n) is 22.8. The number of ether oxygens (including phenoxy) is 3. The van der Waals surface area contributed by atoms with Gasteiger partial charge in [-0.3, -0.25) is 24.2 Å². The number of rotatable bonds is 13. The second-order valence-corrected chi connectivity index (χ2v) is 10.5. The highest BCUT2D eigenvalue weighted by Crippen LogP contribution is 2.44. The molecule has 0 radical (unpaired) electrons. The van der Waals surface area contributed by atoms with Crippen LogP contribution in [0.25, 0.3) is 0 Å². The summed E-state index contributed by atoms with van der Waals surface area (Å²) in [6.45, 7) is 3.42. The Labute approximate surface area is 241 Å². The smallest absolute Gasteiger partial charge is 0.469 e. The number of benzene rings is 3. The maximum atomic E-state index is 12.8. The van der Waals surface area contributed by atoms with Crippen LogP contribution in [0.3, 0.4) is 0 Å². The van der Waals surface area contributed by atoms with Crippen LogP contribution in [-0.2, 0) is 20.3 Å². The first-order valence-electron chi connectivity index (χ1n) is 12.9. The van der Waals surface area contributed by atoms with Gasteiger partial charge in [-0.05, 0) is 67.4 Å². The molecule has 3 aromatic carbocycles. The SMILES string of the molecule is CC(=O)N1CCc2c(OCCOc3ccc(C(=O)c4ccc(OCCOP(=O)(O)O)cc4)cc3)c(C)cc([N+](=O)[O-])c21. The predicted molar refractivity (Wildman–Crippen MR) is 150 cm³/mol. The van der Waals surface area contributed by atoms with Crippen molar-refractivity contribution in [3.8, 4) is 17.2 Å². The summed E-state index contributed by atoms with van der Waals surface area (Å²) in [5.41, 5.74) is 2.25. The maximum absolute atomic E-state index is 12.8. The summed E-state index contributed by atoms with van der Waals surface area (Å²) in [4.78, 5) is 54.7. The van der Waals surface area contributed by atoms with E-state index in [1.807, 2.05) is 0 Å². The van der Waals surface area contributed by atoms with Crippen LogP contribution in [0.15, 0.2) is 54.6 Å². The highest BCUT2D eigenvalue weighted by Gasteiger charge is 2.34. The number of ketones is 1. The molecular formula is C28H29N2O11P. The van der Waals surface area contributed by atoms with Gasteiger partial charge in [0, 0.05) is 36.2 Å². The van der Waals surface area contributed by atoms with Crippen molar-refractivity contribution in [3.63, 3.8) is 0 Å². The molecule has 1 heterocycles. The van der Waals surface area contributed by atoms with Gasteiger partial charge < -0.3 is 28.9 Å². The van der Waals surface area contributed by atoms with Crippen LogP contribution in [0.2, 0.25) is 0 Å². The van der Waals surface area contributed by atoms with Crippen LogP contribution in [0, 0.1) is 17.0 Å². The molecule has 4 rings (SSSR count). The lowest BCUT2D eigenvalue weighted by atomic mass is 10.0. The van der Waals surface area contributed by atoms with Crippen molar-refractivity contribution in [1.82, 2.24) is 0 Å². The molecule has 0 bridgehead atoms. The molecular weight excluding hydrogens is 571 g/mol. The molecule has 0 atom stereocenters. The first-order chi connectivity index (χ1) is 19.9. The zero-order valence-corrected chi connectivity index (χ0v) is 23.7. The lowest BCUT2D eigenvalue weighted by Gasteiger charge is -2.18. The number of fused-ring (bicyclic) bond motifs is 1. The number of carbonyl (C=O) groups excluding carboxylic acids is 2. The number of carbonyl (C=O) groups is 2. The van der Waals surface area contributed by atoms with Crippen LogP contribution in [0.5, 0.6) is 17.2 Å². The summed E-state index contributed by atoms with van der Waals surface area (Å²) in [7, 11) is -4.55. The van der Waals surface area contributed by atoms with Crippen molar-refractivity contribution in [3.05, 3.63) is 87.0 Å². The van der Waals surface area contributed by atoms with Gasteiger partial charge in [-0.2, -0.15) is 0 Å². The monoisotopic (exact) mass is 600 g/mol. The van der Waals surface area contributed by atoms with Crippen molar-refractivity contribution in [2.45, 2.75) is 20.3 Å². The molecule has 1 amide bonds. The summed E-state index contributed by atoms with van der Waals surface area (Å²) < 4.78 is 32.0. The molecule has 1 aliphatic heterocycles. The standard InChI is InChI=1S/C28H29N2O11P/c1-18-17-25(30(33)34)26-24(11-12-29(26)19(2)31)28(18)40-14-13-38-22-7-3-20(4-8-22)27(32)21-5-9-23(10-6-21)39-15-16-41-42(35,36)37/h3-10,17H,11-16H2,1-2H3,(H2,35,36,37). The normalized spacial score (nSPS) is 12.5. The lowest BCUT2D eigenvalue weighted by molar-refractivity contribution is -0.384. The molecule has 13 nitrogen and oxygen atoms in total. The Morgan fingerprint density at radius 1 is 0.929 bits per heavy atom. The van der Waals surface area contributed by atoms with Gasteiger partial charge in [-0.25, -0.2) is 4.57 Å². The number of phosphoric acid groups is 1. The van der Waals surface area contributed by atoms with Gasteiger partial charge in [0.05, 0.1) is 11.5 Å². The molecule has 2 N–H and O–H groups in total. The van der Waals surface area contributed by atoms with Gasteiger partial charge >= 0.3 is 7.82 Å². The fourth-order valence-electron chi connectivity index (χ4n) is 4.55. The van der Waals surface area contributed by atoms with Crippen LogP contribution in [0.1, 0.15) is 34.0 Å². The highest BCUT2D eigenvalue weighted by molar-refractivity contribution is 7.46. The quantitative estimate of drug-likeness (QED) is 0.0954. The average Bonchev–Trinajstić information content (AvgIpc) is 3.39. The summed E-state index contributed by atoms with van der Waals surface area (Å²) in [5.74, 6) is 0.951. The summed E-state index contributed by atoms with van der Waals surface area (Å²) in [5, 5.41) is 11.6. The lowest BCUT2D eigenvalue weighted by Crippen LogP contribution is -2.26. The van der Waals surface area contributed by atoms with Crippen molar-refractivity contribution in [2.75, 3.05) is 37.9 Å². The third-order valence-electron chi connectivity index (χ3n) is 6.39. The van der Waals surface area contributed by atoms with Crippen molar-refractivity contribution in [1.29, 1.82) is 0 Å². The van der Waals surface area contributed by atoms with E-state index >= 15 is 0 Å². The Kier molecular flexibility index (Phi) is 9.59. The minimum atomic E-state index is -4.55. The minimum absolute atomic E-state index is 0.0704. The first-order valence-corrected chi connectivity index (χ1v) is 14.4. The molecule has 42 heavy (non-hydrogen) atoms. The van der Waals surface area contributed by atoms with E-state index in [0.717, 1.165) is 0 Å². The molecule has 0 spiro atoms. The highest BCUT2D eigenvalue weighted by atomic mass is 31.2. The van der Waals surface area contributed by atoms with Gasteiger partial charge in [-0.15, -0.1) is 0 Å². The van der Waals surface area contributed by atoms with Gasteiger partial charge in [0.15, 0.2) is 5.78 Å². The Bertz CT molecular complexity index is 1520. The maximum Gasteiger partial charge on any atom is 0.469 e. The van der Waals surface area contributed by atoms with Crippen LogP contribution < -0.4 is 19.1 Å². The number of hydrogen-bond donors (Lipinski definition) is 2. The average molecular weight is 601 g/mol. The Morgan fingerprint density at radius 2 is 1.45 bits per heavy atom. The number of aryl methyl sites for hydroxylation is 1. The molecule has 0 fully saturated rings. The molecule has 0 saturated heterocycles. The number of nitro benzene ring substituents is 1. The Morgan fingerprint density at radius 3 is 1.95 bits per heavy atom. The third kappa shape index (κ3) is 7.51. The van der Waals surface area contributed by atoms with Crippen molar-refractivity contribution in [2.24, 2.45) is 0 Å². The molecule has 0 aliphatic carbocycles. The van der Waals surface area contributed by atoms with E-state index < -0.39 is 12.7 Å². The fraction of sp³-hybridized carbons (Fsp3) is 0.286. The van der Waals surface area contributed by atoms with Gasteiger partial charge in [0.25, 0.3) is 5.69 Å². The van der Waals surface area contributed by atoms with E-state index in [9.17, 15) is 24.3 Å². The van der Waals surface area contributed by atoms with Crippen molar-refractivity contribution < 1.29 is 47.6 Å². The van der Waals surface area contributed by atoms with E-state index in [4.69, 9.17) is 24.0 Å². The van der Waals surface area contributed by atoms with Crippen LogP contribution in [0.4, 0.5) is 11.4 Å². The van der Waals surface area contributed by atoms with Crippen molar-refractivity contribution >= 4 is 30.9 Å². The number of amides is 1. The molecule has 3 aromatic rings. The number of nitro groups is 1. The zero-order chi connectivity index (χ0) is 30.4. The van der Waals surface area contributed by atoms with Crippen LogP contribution in [-0.4, -0.2) is 59.4 Å². The van der Waals surface area contributed by atoms with Gasteiger partial charge in [0.2, 0.25) is 5.91 Å².